The Bertz CT molecular complexity index is 749. The Hall–Kier alpha value is -2.07. The fraction of sp³-hybridized carbons (Fsp3) is 0.450. The quantitative estimate of drug-likeness (QED) is 0.938. The molecule has 0 bridgehead atoms. The molecule has 0 radical (unpaired) electrons. The number of aromatic hydroxyl groups is 1. The first-order valence-corrected chi connectivity index (χ1v) is 8.75. The van der Waals surface area contributed by atoms with Gasteiger partial charge in [-0.3, -0.25) is 9.69 Å². The highest BCUT2D eigenvalue weighted by Crippen LogP contribution is 2.20. The lowest BCUT2D eigenvalue weighted by Crippen LogP contribution is -2.37. The van der Waals surface area contributed by atoms with E-state index in [1.165, 1.54) is 24.8 Å². The smallest absolute Gasteiger partial charge is 0.223 e. The van der Waals surface area contributed by atoms with Crippen LogP contribution in [0.2, 0.25) is 0 Å². The molecule has 3 rings (SSSR count). The topological polar surface area (TPSA) is 45.5 Å². The highest BCUT2D eigenvalue weighted by Gasteiger charge is 2.19. The molecule has 0 amide bonds. The molecule has 2 aromatic rings. The van der Waals surface area contributed by atoms with Crippen LogP contribution in [0.25, 0.3) is 0 Å². The summed E-state index contributed by atoms with van der Waals surface area (Å²) in [5, 5.41) is 9.86. The molecular formula is C20H26N2O2. The van der Waals surface area contributed by atoms with Crippen molar-refractivity contribution >= 4 is 0 Å². The predicted molar refractivity (Wildman–Crippen MR) is 96.4 cm³/mol. The van der Waals surface area contributed by atoms with Gasteiger partial charge in [-0.05, 0) is 38.8 Å². The lowest BCUT2D eigenvalue weighted by Gasteiger charge is -2.34. The van der Waals surface area contributed by atoms with Crippen molar-refractivity contribution in [2.24, 2.45) is 0 Å². The fourth-order valence-corrected chi connectivity index (χ4v) is 3.38. The molecule has 1 atom stereocenters. The van der Waals surface area contributed by atoms with Crippen LogP contribution in [0.1, 0.15) is 43.0 Å². The van der Waals surface area contributed by atoms with Crippen molar-refractivity contribution in [3.05, 3.63) is 63.6 Å². The van der Waals surface area contributed by atoms with Crippen LogP contribution in [-0.4, -0.2) is 27.2 Å². The second-order valence-corrected chi connectivity index (χ2v) is 6.94. The molecule has 1 saturated heterocycles. The van der Waals surface area contributed by atoms with Gasteiger partial charge in [0.05, 0.1) is 6.20 Å². The maximum atomic E-state index is 11.9. The molecule has 1 aliphatic rings. The van der Waals surface area contributed by atoms with Crippen LogP contribution in [0.3, 0.4) is 0 Å². The van der Waals surface area contributed by atoms with Gasteiger partial charge in [-0.15, -0.1) is 0 Å². The van der Waals surface area contributed by atoms with Crippen LogP contribution >= 0.6 is 0 Å². The van der Waals surface area contributed by atoms with Gasteiger partial charge in [0.1, 0.15) is 0 Å². The first-order chi connectivity index (χ1) is 11.5. The molecule has 4 nitrogen and oxygen atoms in total. The Morgan fingerprint density at radius 1 is 1.17 bits per heavy atom. The molecule has 0 spiro atoms. The van der Waals surface area contributed by atoms with E-state index in [-0.39, 0.29) is 11.2 Å². The van der Waals surface area contributed by atoms with Crippen LogP contribution < -0.4 is 5.43 Å². The zero-order chi connectivity index (χ0) is 17.1. The third-order valence-corrected chi connectivity index (χ3v) is 4.98. The minimum Gasteiger partial charge on any atom is -0.503 e. The minimum absolute atomic E-state index is 0.183. The Morgan fingerprint density at radius 2 is 1.92 bits per heavy atom. The summed E-state index contributed by atoms with van der Waals surface area (Å²) in [6, 6.07) is 10.5. The minimum atomic E-state index is -0.296. The summed E-state index contributed by atoms with van der Waals surface area (Å²) in [6.07, 6.45) is 5.28. The lowest BCUT2D eigenvalue weighted by molar-refractivity contribution is 0.149. The Labute approximate surface area is 143 Å². The van der Waals surface area contributed by atoms with Gasteiger partial charge in [0, 0.05) is 30.9 Å². The molecule has 4 heteroatoms. The van der Waals surface area contributed by atoms with E-state index in [1.807, 2.05) is 4.57 Å². The van der Waals surface area contributed by atoms with Gasteiger partial charge < -0.3 is 9.67 Å². The molecule has 1 unspecified atom stereocenters. The van der Waals surface area contributed by atoms with Gasteiger partial charge in [0.2, 0.25) is 5.43 Å². The van der Waals surface area contributed by atoms with Crippen molar-refractivity contribution in [3.8, 4) is 5.75 Å². The van der Waals surface area contributed by atoms with E-state index in [0.717, 1.165) is 24.3 Å². The van der Waals surface area contributed by atoms with E-state index in [1.54, 1.807) is 12.3 Å². The average molecular weight is 326 g/mol. The third-order valence-electron chi connectivity index (χ3n) is 4.98. The van der Waals surface area contributed by atoms with Gasteiger partial charge in [0.25, 0.3) is 0 Å². The van der Waals surface area contributed by atoms with Gasteiger partial charge in [-0.25, -0.2) is 0 Å². The Kier molecular flexibility index (Phi) is 5.05. The molecule has 0 saturated carbocycles. The number of rotatable bonds is 4. The molecule has 1 aliphatic heterocycles. The molecule has 1 fully saturated rings. The number of likely N-dealkylation sites (tertiary alicyclic amines) is 1. The van der Waals surface area contributed by atoms with E-state index < -0.39 is 0 Å². The van der Waals surface area contributed by atoms with Crippen molar-refractivity contribution in [2.75, 3.05) is 6.54 Å². The molecule has 2 heterocycles. The van der Waals surface area contributed by atoms with Crippen molar-refractivity contribution in [1.82, 2.24) is 9.47 Å². The van der Waals surface area contributed by atoms with Crippen LogP contribution in [0.5, 0.6) is 5.75 Å². The zero-order valence-corrected chi connectivity index (χ0v) is 14.5. The van der Waals surface area contributed by atoms with Gasteiger partial charge in [-0.2, -0.15) is 0 Å². The van der Waals surface area contributed by atoms with Crippen molar-refractivity contribution < 1.29 is 5.11 Å². The maximum absolute atomic E-state index is 11.9. The summed E-state index contributed by atoms with van der Waals surface area (Å²) in [4.78, 5) is 14.4. The summed E-state index contributed by atoms with van der Waals surface area (Å²) in [5.41, 5.74) is 3.06. The maximum Gasteiger partial charge on any atom is 0.223 e. The van der Waals surface area contributed by atoms with E-state index in [2.05, 4.69) is 43.0 Å². The molecule has 1 aromatic carbocycles. The molecule has 1 N–H and O–H groups in total. The SMILES string of the molecule is Cc1ccc(Cn2cc(O)c(=O)cc2CN2CCCCC2C)cc1. The van der Waals surface area contributed by atoms with Crippen LogP contribution in [-0.2, 0) is 13.1 Å². The lowest BCUT2D eigenvalue weighted by atomic mass is 10.0. The monoisotopic (exact) mass is 326 g/mol. The standard InChI is InChI=1S/C20H26N2O2/c1-15-6-8-17(9-7-15)12-22-14-20(24)19(23)11-18(22)13-21-10-4-3-5-16(21)2/h6-9,11,14,16,24H,3-5,10,12-13H2,1-2H3. The summed E-state index contributed by atoms with van der Waals surface area (Å²) in [5.74, 6) is -0.183. The van der Waals surface area contributed by atoms with Crippen LogP contribution in [0.15, 0.2) is 41.3 Å². The molecule has 24 heavy (non-hydrogen) atoms. The Balaban J connectivity index is 1.88. The van der Waals surface area contributed by atoms with E-state index in [9.17, 15) is 9.90 Å². The summed E-state index contributed by atoms with van der Waals surface area (Å²) in [6.45, 7) is 6.80. The van der Waals surface area contributed by atoms with Gasteiger partial charge in [0.15, 0.2) is 5.75 Å². The molecule has 128 valence electrons. The van der Waals surface area contributed by atoms with E-state index >= 15 is 0 Å². The van der Waals surface area contributed by atoms with Gasteiger partial charge >= 0.3 is 0 Å². The third kappa shape index (κ3) is 3.88. The average Bonchev–Trinajstić information content (AvgIpc) is 2.56. The second-order valence-electron chi connectivity index (χ2n) is 6.94. The summed E-state index contributed by atoms with van der Waals surface area (Å²) in [7, 11) is 0. The number of hydrogen-bond acceptors (Lipinski definition) is 3. The normalized spacial score (nSPS) is 18.7. The van der Waals surface area contributed by atoms with E-state index in [4.69, 9.17) is 0 Å². The van der Waals surface area contributed by atoms with Crippen LogP contribution in [0, 0.1) is 6.92 Å². The zero-order valence-electron chi connectivity index (χ0n) is 14.5. The van der Waals surface area contributed by atoms with Gasteiger partial charge in [-0.1, -0.05) is 36.2 Å². The number of aryl methyl sites for hydroxylation is 1. The highest BCUT2D eigenvalue weighted by atomic mass is 16.3. The van der Waals surface area contributed by atoms with E-state index in [0.29, 0.717) is 12.6 Å². The number of aromatic nitrogens is 1. The first-order valence-electron chi connectivity index (χ1n) is 8.75. The number of pyridine rings is 1. The van der Waals surface area contributed by atoms with Crippen molar-refractivity contribution in [1.29, 1.82) is 0 Å². The molecule has 1 aromatic heterocycles. The highest BCUT2D eigenvalue weighted by molar-refractivity contribution is 5.25. The van der Waals surface area contributed by atoms with Crippen LogP contribution in [0.4, 0.5) is 0 Å². The number of benzene rings is 1. The molecule has 0 aliphatic carbocycles. The fourth-order valence-electron chi connectivity index (χ4n) is 3.38. The second kappa shape index (κ2) is 7.22. The summed E-state index contributed by atoms with van der Waals surface area (Å²) >= 11 is 0. The Morgan fingerprint density at radius 3 is 2.62 bits per heavy atom. The predicted octanol–water partition coefficient (Wildman–Crippen LogP) is 3.29. The van der Waals surface area contributed by atoms with Crippen molar-refractivity contribution in [2.45, 2.75) is 52.2 Å². The number of piperidine rings is 1. The van der Waals surface area contributed by atoms with Crippen molar-refractivity contribution in [3.63, 3.8) is 0 Å². The summed E-state index contributed by atoms with van der Waals surface area (Å²) < 4.78 is 2.00. The number of nitrogens with zero attached hydrogens (tertiary/aromatic N) is 2. The largest absolute Gasteiger partial charge is 0.503 e. The number of hydrogen-bond donors (Lipinski definition) is 1. The first kappa shape index (κ1) is 16.8. The molecular weight excluding hydrogens is 300 g/mol.